The van der Waals surface area contributed by atoms with E-state index in [0.29, 0.717) is 19.6 Å². The van der Waals surface area contributed by atoms with Crippen molar-refractivity contribution in [2.24, 2.45) is 5.73 Å². The lowest BCUT2D eigenvalue weighted by Crippen LogP contribution is -2.04. The van der Waals surface area contributed by atoms with Crippen LogP contribution in [0.2, 0.25) is 0 Å². The number of hydrogen-bond acceptors (Lipinski definition) is 2. The second-order valence-electron chi connectivity index (χ2n) is 4.18. The van der Waals surface area contributed by atoms with E-state index < -0.39 is 0 Å². The van der Waals surface area contributed by atoms with Crippen molar-refractivity contribution in [2.45, 2.75) is 13.0 Å². The average Bonchev–Trinajstić information content (AvgIpc) is 2.40. The highest BCUT2D eigenvalue weighted by Gasteiger charge is 2.06. The van der Waals surface area contributed by atoms with Crippen molar-refractivity contribution in [3.63, 3.8) is 0 Å². The van der Waals surface area contributed by atoms with Crippen LogP contribution < -0.4 is 10.5 Å². The lowest BCUT2D eigenvalue weighted by Gasteiger charge is -2.09. The standard InChI is InChI=1S/C15H15BrFNO/c16-13-4-2-1-3-12(13)10-19-15-6-5-11(7-8-18)9-14(15)17/h1-6,9H,7-8,10,18H2. The van der Waals surface area contributed by atoms with E-state index in [4.69, 9.17) is 10.5 Å². The zero-order chi connectivity index (χ0) is 13.7. The fraction of sp³-hybridized carbons (Fsp3) is 0.200. The molecule has 0 amide bonds. The number of rotatable bonds is 5. The maximum atomic E-state index is 13.8. The number of hydrogen-bond donors (Lipinski definition) is 1. The predicted octanol–water partition coefficient (Wildman–Crippen LogP) is 3.67. The first-order chi connectivity index (χ1) is 9.20. The van der Waals surface area contributed by atoms with Crippen molar-refractivity contribution in [2.75, 3.05) is 6.54 Å². The molecule has 0 saturated carbocycles. The van der Waals surface area contributed by atoms with Gasteiger partial charge in [0.1, 0.15) is 6.61 Å². The summed E-state index contributed by atoms with van der Waals surface area (Å²) in [6, 6.07) is 12.7. The van der Waals surface area contributed by atoms with Gasteiger partial charge in [-0.2, -0.15) is 0 Å². The molecule has 19 heavy (non-hydrogen) atoms. The summed E-state index contributed by atoms with van der Waals surface area (Å²) in [5.41, 5.74) is 7.30. The van der Waals surface area contributed by atoms with E-state index in [1.54, 1.807) is 6.07 Å². The van der Waals surface area contributed by atoms with Gasteiger partial charge in [-0.05, 0) is 36.7 Å². The average molecular weight is 324 g/mol. The Bertz CT molecular complexity index is 560. The van der Waals surface area contributed by atoms with E-state index >= 15 is 0 Å². The topological polar surface area (TPSA) is 35.2 Å². The van der Waals surface area contributed by atoms with Gasteiger partial charge in [-0.3, -0.25) is 0 Å². The summed E-state index contributed by atoms with van der Waals surface area (Å²) in [5.74, 6) is -0.0884. The molecule has 0 aliphatic rings. The van der Waals surface area contributed by atoms with Gasteiger partial charge in [-0.1, -0.05) is 40.2 Å². The summed E-state index contributed by atoms with van der Waals surface area (Å²) in [5, 5.41) is 0. The molecule has 100 valence electrons. The minimum Gasteiger partial charge on any atom is -0.486 e. The molecule has 0 radical (unpaired) electrons. The van der Waals surface area contributed by atoms with Crippen molar-refractivity contribution in [3.05, 3.63) is 63.9 Å². The molecule has 0 aliphatic carbocycles. The highest BCUT2D eigenvalue weighted by atomic mass is 79.9. The Morgan fingerprint density at radius 1 is 1.16 bits per heavy atom. The highest BCUT2D eigenvalue weighted by molar-refractivity contribution is 9.10. The molecule has 4 heteroatoms. The second kappa shape index (κ2) is 6.68. The molecule has 0 spiro atoms. The molecule has 2 aromatic carbocycles. The Kier molecular flexibility index (Phi) is 4.93. The molecule has 0 atom stereocenters. The molecule has 0 bridgehead atoms. The van der Waals surface area contributed by atoms with Crippen LogP contribution in [0.15, 0.2) is 46.9 Å². The molecular formula is C15H15BrFNO. The molecule has 2 rings (SSSR count). The third-order valence-electron chi connectivity index (χ3n) is 2.77. The lowest BCUT2D eigenvalue weighted by atomic mass is 10.1. The smallest absolute Gasteiger partial charge is 0.165 e. The molecule has 0 unspecified atom stereocenters. The third kappa shape index (κ3) is 3.78. The Hall–Kier alpha value is -1.39. The molecule has 0 aromatic heterocycles. The number of ether oxygens (including phenoxy) is 1. The Morgan fingerprint density at radius 2 is 1.95 bits per heavy atom. The van der Waals surface area contributed by atoms with Gasteiger partial charge in [-0.15, -0.1) is 0 Å². The van der Waals surface area contributed by atoms with Gasteiger partial charge in [0.2, 0.25) is 0 Å². The molecule has 0 heterocycles. The minimum absolute atomic E-state index is 0.261. The van der Waals surface area contributed by atoms with Crippen molar-refractivity contribution in [1.82, 2.24) is 0 Å². The van der Waals surface area contributed by atoms with Gasteiger partial charge in [0, 0.05) is 10.0 Å². The zero-order valence-corrected chi connectivity index (χ0v) is 12.0. The van der Waals surface area contributed by atoms with Crippen LogP contribution in [0.5, 0.6) is 5.75 Å². The van der Waals surface area contributed by atoms with Crippen LogP contribution in [-0.4, -0.2) is 6.54 Å². The molecule has 2 aromatic rings. The molecule has 0 aliphatic heterocycles. The lowest BCUT2D eigenvalue weighted by molar-refractivity contribution is 0.289. The van der Waals surface area contributed by atoms with Gasteiger partial charge in [0.25, 0.3) is 0 Å². The van der Waals surface area contributed by atoms with E-state index in [1.165, 1.54) is 6.07 Å². The van der Waals surface area contributed by atoms with Crippen molar-refractivity contribution >= 4 is 15.9 Å². The second-order valence-corrected chi connectivity index (χ2v) is 5.04. The van der Waals surface area contributed by atoms with Crippen LogP contribution in [-0.2, 0) is 13.0 Å². The minimum atomic E-state index is -0.349. The maximum Gasteiger partial charge on any atom is 0.165 e. The van der Waals surface area contributed by atoms with E-state index in [1.807, 2.05) is 30.3 Å². The monoisotopic (exact) mass is 323 g/mol. The molecule has 0 saturated heterocycles. The number of halogens is 2. The SMILES string of the molecule is NCCc1ccc(OCc2ccccc2Br)c(F)c1. The van der Waals surface area contributed by atoms with Crippen LogP contribution >= 0.6 is 15.9 Å². The molecule has 0 fully saturated rings. The van der Waals surface area contributed by atoms with Crippen LogP contribution in [0, 0.1) is 5.82 Å². The molecule has 2 nitrogen and oxygen atoms in total. The van der Waals surface area contributed by atoms with Crippen molar-refractivity contribution < 1.29 is 9.13 Å². The van der Waals surface area contributed by atoms with Crippen LogP contribution in [0.1, 0.15) is 11.1 Å². The van der Waals surface area contributed by atoms with Gasteiger partial charge in [0.05, 0.1) is 0 Å². The Morgan fingerprint density at radius 3 is 2.63 bits per heavy atom. The molecular weight excluding hydrogens is 309 g/mol. The van der Waals surface area contributed by atoms with E-state index in [0.717, 1.165) is 15.6 Å². The predicted molar refractivity (Wildman–Crippen MR) is 77.6 cm³/mol. The van der Waals surface area contributed by atoms with Crippen LogP contribution in [0.25, 0.3) is 0 Å². The Labute approximate surface area is 120 Å². The van der Waals surface area contributed by atoms with Crippen LogP contribution in [0.4, 0.5) is 4.39 Å². The number of benzene rings is 2. The largest absolute Gasteiger partial charge is 0.486 e. The summed E-state index contributed by atoms with van der Waals surface area (Å²) >= 11 is 3.43. The maximum absolute atomic E-state index is 13.8. The van der Waals surface area contributed by atoms with Gasteiger partial charge in [-0.25, -0.2) is 4.39 Å². The first-order valence-electron chi connectivity index (χ1n) is 6.05. The van der Waals surface area contributed by atoms with Crippen molar-refractivity contribution in [3.8, 4) is 5.75 Å². The van der Waals surface area contributed by atoms with E-state index in [9.17, 15) is 4.39 Å². The third-order valence-corrected chi connectivity index (χ3v) is 3.54. The quantitative estimate of drug-likeness (QED) is 0.911. The summed E-state index contributed by atoms with van der Waals surface area (Å²) in [6.07, 6.45) is 0.668. The Balaban J connectivity index is 2.06. The first kappa shape index (κ1) is 14.0. The fourth-order valence-corrected chi connectivity index (χ4v) is 2.15. The zero-order valence-electron chi connectivity index (χ0n) is 10.4. The fourth-order valence-electron chi connectivity index (χ4n) is 1.75. The van der Waals surface area contributed by atoms with Crippen molar-refractivity contribution in [1.29, 1.82) is 0 Å². The van der Waals surface area contributed by atoms with E-state index in [-0.39, 0.29) is 11.6 Å². The normalized spacial score (nSPS) is 10.5. The summed E-state index contributed by atoms with van der Waals surface area (Å²) < 4.78 is 20.3. The van der Waals surface area contributed by atoms with Crippen LogP contribution in [0.3, 0.4) is 0 Å². The molecule has 2 N–H and O–H groups in total. The van der Waals surface area contributed by atoms with Gasteiger partial charge < -0.3 is 10.5 Å². The summed E-state index contributed by atoms with van der Waals surface area (Å²) in [7, 11) is 0. The first-order valence-corrected chi connectivity index (χ1v) is 6.84. The van der Waals surface area contributed by atoms with Gasteiger partial charge >= 0.3 is 0 Å². The van der Waals surface area contributed by atoms with Gasteiger partial charge in [0.15, 0.2) is 11.6 Å². The van der Waals surface area contributed by atoms with E-state index in [2.05, 4.69) is 15.9 Å². The number of nitrogens with two attached hydrogens (primary N) is 1. The highest BCUT2D eigenvalue weighted by Crippen LogP contribution is 2.22. The summed E-state index contributed by atoms with van der Waals surface area (Å²) in [4.78, 5) is 0. The summed E-state index contributed by atoms with van der Waals surface area (Å²) in [6.45, 7) is 0.838.